The fourth-order valence-electron chi connectivity index (χ4n) is 0.875. The molecule has 1 N–H and O–H groups in total. The van der Waals surface area contributed by atoms with Gasteiger partial charge >= 0.3 is 11.9 Å². The van der Waals surface area contributed by atoms with E-state index in [1.165, 1.54) is 0 Å². The van der Waals surface area contributed by atoms with Crippen molar-refractivity contribution in [3.8, 4) is 0 Å². The van der Waals surface area contributed by atoms with Gasteiger partial charge in [0.2, 0.25) is 6.23 Å². The van der Waals surface area contributed by atoms with Crippen LogP contribution in [0.25, 0.3) is 0 Å². The number of carbonyl (C=O) groups excluding carboxylic acids is 1. The van der Waals surface area contributed by atoms with Crippen LogP contribution in [0.5, 0.6) is 0 Å². The van der Waals surface area contributed by atoms with E-state index in [1.807, 2.05) is 0 Å². The molecule has 16 heavy (non-hydrogen) atoms. The Balaban J connectivity index is 0. The van der Waals surface area contributed by atoms with Crippen LogP contribution in [0.4, 0.5) is 0 Å². The number of hydrogen-bond donors (Lipinski definition) is 1. The van der Waals surface area contributed by atoms with Crippen molar-refractivity contribution >= 4 is 11.9 Å². The van der Waals surface area contributed by atoms with Crippen molar-refractivity contribution in [1.82, 2.24) is 0 Å². The van der Waals surface area contributed by atoms with Gasteiger partial charge in [-0.05, 0) is 6.92 Å². The lowest BCUT2D eigenvalue weighted by Gasteiger charge is -2.33. The van der Waals surface area contributed by atoms with Crippen molar-refractivity contribution in [2.75, 3.05) is 20.6 Å². The van der Waals surface area contributed by atoms with Crippen molar-refractivity contribution in [2.24, 2.45) is 0 Å². The third-order valence-corrected chi connectivity index (χ3v) is 2.15. The minimum Gasteiger partial charge on any atom is -1.00 e. The second kappa shape index (κ2) is 6.50. The van der Waals surface area contributed by atoms with Crippen LogP contribution < -0.4 is 12.4 Å². The maximum atomic E-state index is 11.2. The summed E-state index contributed by atoms with van der Waals surface area (Å²) in [6, 6.07) is 0. The maximum Gasteiger partial charge on any atom is 0.359 e. The van der Waals surface area contributed by atoms with E-state index in [4.69, 9.17) is 9.84 Å². The Hall–Kier alpha value is -1.07. The smallest absolute Gasteiger partial charge is 0.359 e. The number of rotatable bonds is 5. The number of quaternary nitrogens is 1. The quantitative estimate of drug-likeness (QED) is 0.257. The minimum atomic E-state index is -0.932. The van der Waals surface area contributed by atoms with Gasteiger partial charge in [0.1, 0.15) is 0 Å². The van der Waals surface area contributed by atoms with Gasteiger partial charge in [0.15, 0.2) is 6.54 Å². The molecule has 0 aromatic heterocycles. The molecule has 94 valence electrons. The average molecular weight is 252 g/mol. The zero-order valence-corrected chi connectivity index (χ0v) is 10.7. The molecule has 0 spiro atoms. The molecule has 1 atom stereocenters. The van der Waals surface area contributed by atoms with Gasteiger partial charge in [0.25, 0.3) is 0 Å². The maximum absolute atomic E-state index is 11.2. The monoisotopic (exact) mass is 251 g/mol. The summed E-state index contributed by atoms with van der Waals surface area (Å²) in [5.41, 5.74) is 0.303. The Kier molecular flexibility index (Phi) is 7.04. The highest BCUT2D eigenvalue weighted by Crippen LogP contribution is 2.09. The van der Waals surface area contributed by atoms with Gasteiger partial charge in [-0.3, -0.25) is 4.48 Å². The Morgan fingerprint density at radius 3 is 2.19 bits per heavy atom. The van der Waals surface area contributed by atoms with E-state index >= 15 is 0 Å². The summed E-state index contributed by atoms with van der Waals surface area (Å²) in [6.45, 7) is 6.55. The SMILES string of the molecule is C=C(C)C(=O)OC(C)[N+](C)(C)CC(=O)O.[Cl-]. The number of carboxylic acid groups (broad SMARTS) is 1. The third-order valence-electron chi connectivity index (χ3n) is 2.15. The first-order chi connectivity index (χ1) is 6.66. The van der Waals surface area contributed by atoms with E-state index in [9.17, 15) is 9.59 Å². The van der Waals surface area contributed by atoms with Crippen LogP contribution in [-0.4, -0.2) is 48.4 Å². The van der Waals surface area contributed by atoms with Gasteiger partial charge in [0.05, 0.1) is 14.1 Å². The number of carboxylic acids is 1. The lowest BCUT2D eigenvalue weighted by Crippen LogP contribution is -3.00. The zero-order chi connectivity index (χ0) is 12.2. The molecule has 0 amide bonds. The van der Waals surface area contributed by atoms with Crippen molar-refractivity contribution < 1.29 is 36.3 Å². The van der Waals surface area contributed by atoms with Crippen molar-refractivity contribution in [1.29, 1.82) is 0 Å². The van der Waals surface area contributed by atoms with Crippen molar-refractivity contribution in [3.63, 3.8) is 0 Å². The Morgan fingerprint density at radius 2 is 1.88 bits per heavy atom. The van der Waals surface area contributed by atoms with E-state index in [0.29, 0.717) is 5.57 Å². The first-order valence-electron chi connectivity index (χ1n) is 4.57. The number of carbonyl (C=O) groups is 2. The molecule has 0 saturated heterocycles. The van der Waals surface area contributed by atoms with Crippen LogP contribution in [0.1, 0.15) is 13.8 Å². The van der Waals surface area contributed by atoms with E-state index < -0.39 is 18.2 Å². The van der Waals surface area contributed by atoms with Gasteiger partial charge < -0.3 is 22.3 Å². The normalized spacial score (nSPS) is 12.2. The molecule has 6 heteroatoms. The number of esters is 1. The molecular weight excluding hydrogens is 234 g/mol. The molecule has 0 rings (SSSR count). The summed E-state index contributed by atoms with van der Waals surface area (Å²) in [4.78, 5) is 21.8. The van der Waals surface area contributed by atoms with Crippen molar-refractivity contribution in [3.05, 3.63) is 12.2 Å². The first-order valence-corrected chi connectivity index (χ1v) is 4.57. The largest absolute Gasteiger partial charge is 1.00 e. The van der Waals surface area contributed by atoms with Gasteiger partial charge in [-0.25, -0.2) is 9.59 Å². The van der Waals surface area contributed by atoms with Crippen LogP contribution in [0.2, 0.25) is 0 Å². The van der Waals surface area contributed by atoms with Crippen LogP contribution in [-0.2, 0) is 14.3 Å². The van der Waals surface area contributed by atoms with Crippen LogP contribution in [0.15, 0.2) is 12.2 Å². The summed E-state index contributed by atoms with van der Waals surface area (Å²) in [7, 11) is 3.37. The second-order valence-electron chi connectivity index (χ2n) is 4.12. The summed E-state index contributed by atoms with van der Waals surface area (Å²) in [5, 5.41) is 8.67. The molecule has 0 aromatic carbocycles. The number of ether oxygens (including phenoxy) is 1. The summed E-state index contributed by atoms with van der Waals surface area (Å²) in [6.07, 6.45) is -0.523. The van der Waals surface area contributed by atoms with E-state index in [0.717, 1.165) is 0 Å². The molecule has 0 fully saturated rings. The number of aliphatic carboxylic acids is 1. The second-order valence-corrected chi connectivity index (χ2v) is 4.12. The van der Waals surface area contributed by atoms with Crippen molar-refractivity contribution in [2.45, 2.75) is 20.1 Å². The van der Waals surface area contributed by atoms with Gasteiger partial charge in [0, 0.05) is 12.5 Å². The number of likely N-dealkylation sites (N-methyl/N-ethyl adjacent to an activating group) is 1. The first kappa shape index (κ1) is 17.3. The molecule has 0 aliphatic carbocycles. The molecule has 0 bridgehead atoms. The fraction of sp³-hybridized carbons (Fsp3) is 0.600. The molecule has 0 aliphatic rings. The number of nitrogens with zero attached hydrogens (tertiary/aromatic N) is 1. The Morgan fingerprint density at radius 1 is 1.44 bits per heavy atom. The zero-order valence-electron chi connectivity index (χ0n) is 9.99. The van der Waals surface area contributed by atoms with Gasteiger partial charge in [-0.1, -0.05) is 6.58 Å². The summed E-state index contributed by atoms with van der Waals surface area (Å²) >= 11 is 0. The third kappa shape index (κ3) is 5.72. The molecule has 1 unspecified atom stereocenters. The average Bonchev–Trinajstić information content (AvgIpc) is 2.01. The molecule has 5 nitrogen and oxygen atoms in total. The summed E-state index contributed by atoms with van der Waals surface area (Å²) < 4.78 is 5.13. The number of halogens is 1. The van der Waals surface area contributed by atoms with Crippen LogP contribution in [0.3, 0.4) is 0 Å². The number of hydrogen-bond acceptors (Lipinski definition) is 3. The lowest BCUT2D eigenvalue weighted by atomic mass is 10.3. The molecule has 0 saturated carbocycles. The predicted octanol–water partition coefficient (Wildman–Crippen LogP) is -2.38. The highest BCUT2D eigenvalue weighted by molar-refractivity contribution is 5.86. The van der Waals surface area contributed by atoms with E-state index in [-0.39, 0.29) is 23.4 Å². The highest BCUT2D eigenvalue weighted by Gasteiger charge is 2.29. The Labute approximate surface area is 102 Å². The minimum absolute atomic E-state index is 0. The summed E-state index contributed by atoms with van der Waals surface area (Å²) in [5.74, 6) is -1.43. The van der Waals surface area contributed by atoms with E-state index in [2.05, 4.69) is 6.58 Å². The highest BCUT2D eigenvalue weighted by atomic mass is 35.5. The van der Waals surface area contributed by atoms with Gasteiger partial charge in [-0.15, -0.1) is 0 Å². The van der Waals surface area contributed by atoms with E-state index in [1.54, 1.807) is 27.9 Å². The molecule has 0 aromatic rings. The lowest BCUT2D eigenvalue weighted by molar-refractivity contribution is -0.925. The van der Waals surface area contributed by atoms with Gasteiger partial charge in [-0.2, -0.15) is 0 Å². The molecule has 0 radical (unpaired) electrons. The molecular formula is C10H18ClNO4. The fourth-order valence-corrected chi connectivity index (χ4v) is 0.875. The topological polar surface area (TPSA) is 63.6 Å². The van der Waals surface area contributed by atoms with Crippen LogP contribution >= 0.6 is 0 Å². The predicted molar refractivity (Wildman–Crippen MR) is 55.0 cm³/mol. The van der Waals surface area contributed by atoms with Crippen LogP contribution in [0, 0.1) is 0 Å². The molecule has 0 aliphatic heterocycles. The standard InChI is InChI=1S/C10H17NO4.ClH/c1-7(2)10(14)15-8(3)11(4,5)6-9(12)13;/h8H,1,6H2,2-5H3;1H. The molecule has 0 heterocycles. The Bertz CT molecular complexity index is 289.